The van der Waals surface area contributed by atoms with Crippen LogP contribution >= 0.6 is 0 Å². The molecular formula is C22H35NO4. The van der Waals surface area contributed by atoms with Gasteiger partial charge in [0.05, 0.1) is 6.61 Å². The maximum Gasteiger partial charge on any atom is 0.408 e. The summed E-state index contributed by atoms with van der Waals surface area (Å²) in [7, 11) is 0. The highest BCUT2D eigenvalue weighted by Crippen LogP contribution is 2.11. The van der Waals surface area contributed by atoms with E-state index in [9.17, 15) is 9.59 Å². The number of ether oxygens (including phenoxy) is 2. The van der Waals surface area contributed by atoms with Crippen LogP contribution in [0.25, 0.3) is 0 Å². The van der Waals surface area contributed by atoms with Crippen molar-refractivity contribution in [1.29, 1.82) is 0 Å². The Labute approximate surface area is 163 Å². The number of carbonyl (C=O) groups excluding carboxylic acids is 2. The molecule has 1 aromatic rings. The van der Waals surface area contributed by atoms with Gasteiger partial charge < -0.3 is 14.8 Å². The highest BCUT2D eigenvalue weighted by molar-refractivity contribution is 5.81. The van der Waals surface area contributed by atoms with Crippen molar-refractivity contribution in [3.8, 4) is 0 Å². The normalized spacial score (nSPS) is 12.9. The molecule has 0 aromatic heterocycles. The molecule has 0 bridgehead atoms. The van der Waals surface area contributed by atoms with Crippen molar-refractivity contribution in [2.45, 2.75) is 78.4 Å². The molecular weight excluding hydrogens is 342 g/mol. The molecule has 5 heteroatoms. The molecule has 0 radical (unpaired) electrons. The molecule has 0 aliphatic heterocycles. The second kappa shape index (κ2) is 14.1. The molecule has 1 rings (SSSR count). The molecule has 152 valence electrons. The Hall–Kier alpha value is -2.04. The van der Waals surface area contributed by atoms with Crippen LogP contribution in [0.4, 0.5) is 4.79 Å². The predicted molar refractivity (Wildman–Crippen MR) is 107 cm³/mol. The number of nitrogens with one attached hydrogen (secondary N) is 1. The Bertz CT molecular complexity index is 532. The zero-order valence-corrected chi connectivity index (χ0v) is 17.0. The van der Waals surface area contributed by atoms with E-state index in [1.54, 1.807) is 0 Å². The Kier molecular flexibility index (Phi) is 12.0. The average molecular weight is 378 g/mol. The van der Waals surface area contributed by atoms with E-state index in [0.717, 1.165) is 24.8 Å². The highest BCUT2D eigenvalue weighted by Gasteiger charge is 2.27. The molecule has 5 nitrogen and oxygen atoms in total. The molecule has 27 heavy (non-hydrogen) atoms. The van der Waals surface area contributed by atoms with E-state index in [0.29, 0.717) is 6.61 Å². The largest absolute Gasteiger partial charge is 0.464 e. The van der Waals surface area contributed by atoms with Crippen LogP contribution in [0.3, 0.4) is 0 Å². The Morgan fingerprint density at radius 3 is 2.30 bits per heavy atom. The van der Waals surface area contributed by atoms with Crippen molar-refractivity contribution in [2.24, 2.45) is 5.92 Å². The van der Waals surface area contributed by atoms with Crippen molar-refractivity contribution in [3.05, 3.63) is 35.9 Å². The zero-order valence-electron chi connectivity index (χ0n) is 17.0. The Morgan fingerprint density at radius 2 is 1.63 bits per heavy atom. The summed E-state index contributed by atoms with van der Waals surface area (Å²) in [5, 5.41) is 2.67. The fourth-order valence-corrected chi connectivity index (χ4v) is 2.71. The van der Waals surface area contributed by atoms with E-state index in [2.05, 4.69) is 12.2 Å². The second-order valence-electron chi connectivity index (χ2n) is 7.00. The lowest BCUT2D eigenvalue weighted by molar-refractivity contribution is -0.147. The van der Waals surface area contributed by atoms with Gasteiger partial charge in [0.1, 0.15) is 12.6 Å². The lowest BCUT2D eigenvalue weighted by Crippen LogP contribution is -2.46. The topological polar surface area (TPSA) is 64.6 Å². The van der Waals surface area contributed by atoms with Crippen LogP contribution in [-0.4, -0.2) is 24.7 Å². The van der Waals surface area contributed by atoms with E-state index < -0.39 is 12.1 Å². The minimum atomic E-state index is -0.682. The van der Waals surface area contributed by atoms with Gasteiger partial charge in [-0.15, -0.1) is 0 Å². The SMILES string of the molecule is CCCCCCCCOC(=O)C(NC(=O)OCc1ccccc1)C(C)CC. The van der Waals surface area contributed by atoms with Gasteiger partial charge in [-0.2, -0.15) is 0 Å². The summed E-state index contributed by atoms with van der Waals surface area (Å²) in [4.78, 5) is 24.5. The summed E-state index contributed by atoms with van der Waals surface area (Å²) in [6.07, 6.45) is 6.97. The molecule has 1 N–H and O–H groups in total. The Balaban J connectivity index is 2.37. The van der Waals surface area contributed by atoms with Crippen LogP contribution in [0.1, 0.15) is 71.3 Å². The summed E-state index contributed by atoms with van der Waals surface area (Å²) in [6, 6.07) is 8.76. The third-order valence-electron chi connectivity index (χ3n) is 4.70. The minimum absolute atomic E-state index is 0.0219. The molecule has 0 saturated heterocycles. The van der Waals surface area contributed by atoms with Crippen LogP contribution in [-0.2, 0) is 20.9 Å². The quantitative estimate of drug-likeness (QED) is 0.377. The van der Waals surface area contributed by atoms with Gasteiger partial charge in [-0.1, -0.05) is 89.6 Å². The molecule has 2 atom stereocenters. The molecule has 0 aliphatic rings. The van der Waals surface area contributed by atoms with E-state index in [1.807, 2.05) is 44.2 Å². The smallest absolute Gasteiger partial charge is 0.408 e. The second-order valence-corrected chi connectivity index (χ2v) is 7.00. The van der Waals surface area contributed by atoms with E-state index >= 15 is 0 Å². The number of esters is 1. The van der Waals surface area contributed by atoms with Gasteiger partial charge in [0.25, 0.3) is 0 Å². The maximum atomic E-state index is 12.4. The molecule has 1 aromatic carbocycles. The third-order valence-corrected chi connectivity index (χ3v) is 4.70. The molecule has 2 unspecified atom stereocenters. The molecule has 0 heterocycles. The number of alkyl carbamates (subject to hydrolysis) is 1. The van der Waals surface area contributed by atoms with Crippen molar-refractivity contribution >= 4 is 12.1 Å². The molecule has 0 spiro atoms. The summed E-state index contributed by atoms with van der Waals surface area (Å²) in [6.45, 7) is 6.67. The standard InChI is InChI=1S/C22H35NO4/c1-4-6-7-8-9-13-16-26-21(24)20(18(3)5-2)23-22(25)27-17-19-14-11-10-12-15-19/h10-12,14-15,18,20H,4-9,13,16-17H2,1-3H3,(H,23,25). The van der Waals surface area contributed by atoms with Crippen LogP contribution in [0.5, 0.6) is 0 Å². The lowest BCUT2D eigenvalue weighted by Gasteiger charge is -2.22. The van der Waals surface area contributed by atoms with Gasteiger partial charge in [-0.05, 0) is 17.9 Å². The monoisotopic (exact) mass is 377 g/mol. The molecule has 0 saturated carbocycles. The number of rotatable bonds is 13. The van der Waals surface area contributed by atoms with Crippen molar-refractivity contribution < 1.29 is 19.1 Å². The number of amides is 1. The van der Waals surface area contributed by atoms with Crippen LogP contribution in [0.15, 0.2) is 30.3 Å². The van der Waals surface area contributed by atoms with Crippen LogP contribution < -0.4 is 5.32 Å². The van der Waals surface area contributed by atoms with Gasteiger partial charge in [-0.3, -0.25) is 0 Å². The summed E-state index contributed by atoms with van der Waals surface area (Å²) >= 11 is 0. The van der Waals surface area contributed by atoms with E-state index in [1.165, 1.54) is 25.7 Å². The van der Waals surface area contributed by atoms with Crippen molar-refractivity contribution in [3.63, 3.8) is 0 Å². The van der Waals surface area contributed by atoms with Gasteiger partial charge in [0, 0.05) is 0 Å². The number of hydrogen-bond acceptors (Lipinski definition) is 4. The molecule has 0 fully saturated rings. The number of unbranched alkanes of at least 4 members (excludes halogenated alkanes) is 5. The first-order valence-corrected chi connectivity index (χ1v) is 10.2. The summed E-state index contributed by atoms with van der Waals surface area (Å²) < 4.78 is 10.6. The molecule has 1 amide bonds. The predicted octanol–water partition coefficient (Wildman–Crippen LogP) is 5.23. The van der Waals surface area contributed by atoms with Crippen LogP contribution in [0.2, 0.25) is 0 Å². The fraction of sp³-hybridized carbons (Fsp3) is 0.636. The van der Waals surface area contributed by atoms with Crippen molar-refractivity contribution in [1.82, 2.24) is 5.32 Å². The zero-order chi connectivity index (χ0) is 19.9. The molecule has 0 aliphatic carbocycles. The first-order chi connectivity index (χ1) is 13.1. The van der Waals surface area contributed by atoms with Gasteiger partial charge >= 0.3 is 12.1 Å². The average Bonchev–Trinajstić information content (AvgIpc) is 2.69. The third kappa shape index (κ3) is 10.0. The van der Waals surface area contributed by atoms with E-state index in [-0.39, 0.29) is 18.5 Å². The number of benzene rings is 1. The first-order valence-electron chi connectivity index (χ1n) is 10.2. The Morgan fingerprint density at radius 1 is 0.963 bits per heavy atom. The van der Waals surface area contributed by atoms with Gasteiger partial charge in [-0.25, -0.2) is 9.59 Å². The van der Waals surface area contributed by atoms with Gasteiger partial charge in [0.2, 0.25) is 0 Å². The van der Waals surface area contributed by atoms with Crippen LogP contribution in [0, 0.1) is 5.92 Å². The lowest BCUT2D eigenvalue weighted by atomic mass is 9.99. The maximum absolute atomic E-state index is 12.4. The van der Waals surface area contributed by atoms with E-state index in [4.69, 9.17) is 9.47 Å². The van der Waals surface area contributed by atoms with Crippen molar-refractivity contribution in [2.75, 3.05) is 6.61 Å². The first kappa shape index (κ1) is 23.0. The van der Waals surface area contributed by atoms with Gasteiger partial charge in [0.15, 0.2) is 0 Å². The summed E-state index contributed by atoms with van der Waals surface area (Å²) in [5.74, 6) is -0.402. The number of carbonyl (C=O) groups is 2. The fourth-order valence-electron chi connectivity index (χ4n) is 2.71. The highest BCUT2D eigenvalue weighted by atomic mass is 16.6. The number of hydrogen-bond donors (Lipinski definition) is 1. The minimum Gasteiger partial charge on any atom is -0.464 e. The summed E-state index contributed by atoms with van der Waals surface area (Å²) in [5.41, 5.74) is 0.901.